The molecule has 0 N–H and O–H groups in total. The summed E-state index contributed by atoms with van der Waals surface area (Å²) < 4.78 is 12.0. The summed E-state index contributed by atoms with van der Waals surface area (Å²) in [6.45, 7) is 8.09. The van der Waals surface area contributed by atoms with E-state index in [0.29, 0.717) is 17.6 Å². The second kappa shape index (κ2) is 13.7. The van der Waals surface area contributed by atoms with Gasteiger partial charge in [0.2, 0.25) is 12.1 Å². The minimum Gasteiger partial charge on any atom is -0.458 e. The average molecular weight is 673 g/mol. The van der Waals surface area contributed by atoms with E-state index in [1.54, 1.807) is 0 Å². The van der Waals surface area contributed by atoms with Crippen LogP contribution in [0.2, 0.25) is 0 Å². The van der Waals surface area contributed by atoms with Crippen LogP contribution in [-0.4, -0.2) is 29.8 Å². The number of ether oxygens (including phenoxy) is 2. The Morgan fingerprint density at radius 1 is 0.776 bits per heavy atom. The molecule has 0 unspecified atom stereocenters. The number of hydrogen-bond donors (Lipinski definition) is 0. The van der Waals surface area contributed by atoms with E-state index in [1.165, 1.54) is 21.5 Å². The first-order chi connectivity index (χ1) is 23.8. The van der Waals surface area contributed by atoms with Crippen molar-refractivity contribution in [2.45, 2.75) is 64.1 Å². The van der Waals surface area contributed by atoms with Gasteiger partial charge in [-0.25, -0.2) is 9.78 Å². The average Bonchev–Trinajstić information content (AvgIpc) is 3.39. The molecular formula is C43H45O5P. The minimum atomic E-state index is -1.96. The van der Waals surface area contributed by atoms with Gasteiger partial charge < -0.3 is 9.47 Å². The third-order valence-corrected chi connectivity index (χ3v) is 15.0. The third kappa shape index (κ3) is 5.98. The first-order valence-electron chi connectivity index (χ1n) is 17.3. The van der Waals surface area contributed by atoms with Crippen LogP contribution in [-0.2, 0) is 24.0 Å². The molecule has 6 heteroatoms. The molecule has 4 heterocycles. The lowest BCUT2D eigenvalue weighted by Gasteiger charge is -2.56. The Labute approximate surface area is 290 Å². The molecule has 0 amide bonds. The molecule has 4 aliphatic heterocycles. The highest BCUT2D eigenvalue weighted by molar-refractivity contribution is 7.94. The van der Waals surface area contributed by atoms with E-state index in [1.807, 2.05) is 19.9 Å². The zero-order chi connectivity index (χ0) is 34.1. The van der Waals surface area contributed by atoms with E-state index in [9.17, 15) is 4.79 Å². The molecule has 49 heavy (non-hydrogen) atoms. The van der Waals surface area contributed by atoms with Gasteiger partial charge in [0.25, 0.3) is 0 Å². The zero-order valence-electron chi connectivity index (χ0n) is 28.5. The fourth-order valence-corrected chi connectivity index (χ4v) is 12.3. The maximum absolute atomic E-state index is 11.3. The van der Waals surface area contributed by atoms with Crippen molar-refractivity contribution in [1.29, 1.82) is 0 Å². The van der Waals surface area contributed by atoms with Crippen LogP contribution in [0.5, 0.6) is 0 Å². The smallest absolute Gasteiger partial charge is 0.236 e. The highest BCUT2D eigenvalue weighted by atomic mass is 31.2. The molecule has 4 aromatic carbocycles. The van der Waals surface area contributed by atoms with Crippen LogP contribution < -0.4 is 15.9 Å². The number of allylic oxidation sites excluding steroid dienone is 1. The van der Waals surface area contributed by atoms with Crippen molar-refractivity contribution < 1.29 is 24.0 Å². The van der Waals surface area contributed by atoms with Crippen molar-refractivity contribution in [3.63, 3.8) is 0 Å². The number of rotatable bonds is 6. The summed E-state index contributed by atoms with van der Waals surface area (Å²) >= 11 is 0. The maximum atomic E-state index is 11.3. The highest BCUT2D eigenvalue weighted by Gasteiger charge is 2.68. The Kier molecular flexibility index (Phi) is 9.39. The number of fused-ring (bicyclic) bond motifs is 2. The summed E-state index contributed by atoms with van der Waals surface area (Å²) in [5.74, 6) is 3.10. The molecule has 0 aromatic heterocycles. The van der Waals surface area contributed by atoms with Gasteiger partial charge in [-0.2, -0.15) is 0 Å². The van der Waals surface area contributed by atoms with Gasteiger partial charge in [-0.3, -0.25) is 4.79 Å². The van der Waals surface area contributed by atoms with Crippen LogP contribution >= 0.6 is 6.89 Å². The summed E-state index contributed by atoms with van der Waals surface area (Å²) in [6, 6.07) is 41.3. The SMILES string of the molecule is C=Cc1cccc(C=P(c2ccccc2)(c2ccccc2)c2ccccc2)c1.CC1=C(C=O)O[C@@H]2O[C@@]3(C)CC[C@H]4[C@H](C)CC[C@@H]1[C@@]24OO3. The van der Waals surface area contributed by atoms with Crippen molar-refractivity contribution in [3.8, 4) is 0 Å². The zero-order valence-corrected chi connectivity index (χ0v) is 29.4. The molecule has 5 nitrogen and oxygen atoms in total. The van der Waals surface area contributed by atoms with Crippen molar-refractivity contribution in [2.24, 2.45) is 17.8 Å². The van der Waals surface area contributed by atoms with Crippen LogP contribution in [0.25, 0.3) is 6.08 Å². The Morgan fingerprint density at radius 2 is 1.37 bits per heavy atom. The van der Waals surface area contributed by atoms with Gasteiger partial charge in [0.15, 0.2) is 17.6 Å². The molecule has 6 atom stereocenters. The predicted molar refractivity (Wildman–Crippen MR) is 199 cm³/mol. The van der Waals surface area contributed by atoms with E-state index < -0.39 is 24.6 Å². The first kappa shape index (κ1) is 33.5. The second-order valence-corrected chi connectivity index (χ2v) is 17.1. The van der Waals surface area contributed by atoms with Gasteiger partial charge in [0.05, 0.1) is 0 Å². The lowest BCUT2D eigenvalue weighted by atomic mass is 9.59. The topological polar surface area (TPSA) is 54.0 Å². The van der Waals surface area contributed by atoms with Crippen molar-refractivity contribution in [1.82, 2.24) is 0 Å². The molecule has 1 aliphatic carbocycles. The summed E-state index contributed by atoms with van der Waals surface area (Å²) in [5.41, 5.74) is 2.73. The van der Waals surface area contributed by atoms with Gasteiger partial charge in [-0.05, 0) is 90.4 Å². The minimum absolute atomic E-state index is 0.125. The molecule has 9 rings (SSSR count). The number of carbonyl (C=O) groups excluding carboxylic acids is 1. The molecular weight excluding hydrogens is 627 g/mol. The molecule has 4 fully saturated rings. The van der Waals surface area contributed by atoms with Crippen LogP contribution in [0.3, 0.4) is 0 Å². The van der Waals surface area contributed by atoms with Gasteiger partial charge in [0.1, 0.15) is 0 Å². The fourth-order valence-electron chi connectivity index (χ4n) is 8.41. The van der Waals surface area contributed by atoms with Gasteiger partial charge in [0, 0.05) is 18.3 Å². The lowest BCUT2D eigenvalue weighted by Crippen LogP contribution is -2.66. The Bertz CT molecular complexity index is 1780. The number of benzene rings is 4. The molecule has 1 saturated carbocycles. The second-order valence-electron chi connectivity index (χ2n) is 13.9. The van der Waals surface area contributed by atoms with E-state index in [4.69, 9.17) is 19.2 Å². The van der Waals surface area contributed by atoms with Crippen LogP contribution in [0.15, 0.2) is 133 Å². The van der Waals surface area contributed by atoms with E-state index in [-0.39, 0.29) is 5.92 Å². The number of hydrogen-bond acceptors (Lipinski definition) is 5. The van der Waals surface area contributed by atoms with Gasteiger partial charge in [-0.15, -0.1) is 0 Å². The van der Waals surface area contributed by atoms with Crippen molar-refractivity contribution in [2.75, 3.05) is 0 Å². The lowest BCUT2D eigenvalue weighted by molar-refractivity contribution is -0.555. The van der Waals surface area contributed by atoms with E-state index in [2.05, 4.69) is 135 Å². The standard InChI is InChI=1S/C27H23P.C16H22O5/c1-2-23-13-12-14-24(21-23)22-28(25-15-6-3-7-16-25,26-17-8-4-9-18-26)27-19-10-5-11-20-27;1-9-4-5-12-10(2)13(8-17)18-14-16(12)11(9)6-7-15(3,19-14)20-21-16/h2-22H,1H2;8-9,11-12,14H,4-7H2,1-3H3/t;9-,11+,12+,14-,15-,16-/m.1/s1. The highest BCUT2D eigenvalue weighted by Crippen LogP contribution is 2.60. The maximum Gasteiger partial charge on any atom is 0.236 e. The predicted octanol–water partition coefficient (Wildman–Crippen LogP) is 8.18. The molecule has 1 spiro atoms. The molecule has 4 aromatic rings. The molecule has 2 bridgehead atoms. The Morgan fingerprint density at radius 3 is 1.94 bits per heavy atom. The summed E-state index contributed by atoms with van der Waals surface area (Å²) in [4.78, 5) is 23.0. The monoisotopic (exact) mass is 672 g/mol. The molecule has 252 valence electrons. The number of aldehydes is 1. The van der Waals surface area contributed by atoms with E-state index in [0.717, 1.165) is 43.1 Å². The molecule has 5 aliphatic rings. The summed E-state index contributed by atoms with van der Waals surface area (Å²) in [7, 11) is 0. The quantitative estimate of drug-likeness (QED) is 0.118. The normalized spacial score (nSPS) is 28.6. The van der Waals surface area contributed by atoms with Gasteiger partial charge in [-0.1, -0.05) is 129 Å². The summed E-state index contributed by atoms with van der Waals surface area (Å²) in [5, 5.41) is 4.07. The Hall–Kier alpha value is -3.99. The third-order valence-electron chi connectivity index (χ3n) is 11.0. The first-order valence-corrected chi connectivity index (χ1v) is 19.2. The largest absolute Gasteiger partial charge is 0.458 e. The molecule has 0 radical (unpaired) electrons. The van der Waals surface area contributed by atoms with E-state index >= 15 is 0 Å². The number of carbonyl (C=O) groups is 1. The van der Waals surface area contributed by atoms with Crippen LogP contribution in [0, 0.1) is 17.8 Å². The van der Waals surface area contributed by atoms with Crippen molar-refractivity contribution >= 4 is 41.0 Å². The van der Waals surface area contributed by atoms with Crippen LogP contribution in [0.1, 0.15) is 57.6 Å². The summed E-state index contributed by atoms with van der Waals surface area (Å²) in [6.07, 6.45) is 6.03. The van der Waals surface area contributed by atoms with Crippen molar-refractivity contribution in [3.05, 3.63) is 144 Å². The Balaban J connectivity index is 0.000000160. The van der Waals surface area contributed by atoms with Gasteiger partial charge >= 0.3 is 0 Å². The fraction of sp³-hybridized carbons (Fsp3) is 0.302. The van der Waals surface area contributed by atoms with Crippen LogP contribution in [0.4, 0.5) is 0 Å². The molecule has 3 saturated heterocycles.